The van der Waals surface area contributed by atoms with Gasteiger partial charge in [-0.1, -0.05) is 6.42 Å². The molecule has 1 fully saturated rings. The number of guanidine groups is 2. The number of phenolic OH excluding ortho intramolecular Hbond substituents is 1. The van der Waals surface area contributed by atoms with Crippen LogP contribution >= 0.6 is 0 Å². The van der Waals surface area contributed by atoms with Crippen LogP contribution in [0, 0.1) is 0 Å². The van der Waals surface area contributed by atoms with Crippen molar-refractivity contribution in [2.75, 3.05) is 12.0 Å². The Balaban J connectivity index is 2.06. The third kappa shape index (κ3) is 2.32. The monoisotopic (exact) mass is 303 g/mol. The van der Waals surface area contributed by atoms with Crippen molar-refractivity contribution in [1.29, 1.82) is 0 Å². The number of methoxy groups -OCH3 is 1. The molecule has 3 rings (SSSR count). The average Bonchev–Trinajstić information content (AvgIpc) is 2.47. The molecular weight excluding hydrogens is 282 g/mol. The van der Waals surface area contributed by atoms with E-state index in [0.29, 0.717) is 11.7 Å². The molecule has 22 heavy (non-hydrogen) atoms. The zero-order valence-electron chi connectivity index (χ0n) is 12.6. The number of hydrogen-bond donors (Lipinski definition) is 3. The first-order chi connectivity index (χ1) is 10.6. The second-order valence-corrected chi connectivity index (χ2v) is 5.67. The molecular formula is C15H21N5O2. The lowest BCUT2D eigenvalue weighted by atomic mass is 9.87. The van der Waals surface area contributed by atoms with E-state index in [1.54, 1.807) is 12.1 Å². The molecule has 0 amide bonds. The third-order valence-corrected chi connectivity index (χ3v) is 4.27. The maximum Gasteiger partial charge on any atom is 0.220 e. The standard InChI is InChI=1S/C15H21N5O2/c1-22-12-6-5-10(9-11(12)21)20-14(17)18-13(16)19-15(20)7-3-2-4-8-15/h5-6,9,21H,2-4,7-8H2,1H3,(H4,16,17,18,19). The van der Waals surface area contributed by atoms with E-state index in [-0.39, 0.29) is 11.7 Å². The first kappa shape index (κ1) is 14.5. The number of ether oxygens (including phenoxy) is 1. The van der Waals surface area contributed by atoms with E-state index >= 15 is 0 Å². The summed E-state index contributed by atoms with van der Waals surface area (Å²) in [4.78, 5) is 10.6. The molecule has 7 heteroatoms. The second kappa shape index (κ2) is 5.40. The molecule has 0 radical (unpaired) electrons. The van der Waals surface area contributed by atoms with E-state index in [1.807, 2.05) is 11.0 Å². The van der Waals surface area contributed by atoms with E-state index in [2.05, 4.69) is 9.98 Å². The van der Waals surface area contributed by atoms with Gasteiger partial charge in [-0.3, -0.25) is 4.90 Å². The molecule has 1 aromatic carbocycles. The number of hydrogen-bond acceptors (Lipinski definition) is 7. The minimum absolute atomic E-state index is 0.0567. The smallest absolute Gasteiger partial charge is 0.220 e. The van der Waals surface area contributed by atoms with Crippen molar-refractivity contribution < 1.29 is 9.84 Å². The lowest BCUT2D eigenvalue weighted by Crippen LogP contribution is -2.58. The van der Waals surface area contributed by atoms with Crippen molar-refractivity contribution in [3.63, 3.8) is 0 Å². The lowest BCUT2D eigenvalue weighted by Gasteiger charge is -2.45. The molecule has 1 spiro atoms. The molecule has 0 saturated heterocycles. The van der Waals surface area contributed by atoms with Gasteiger partial charge in [0.05, 0.1) is 12.8 Å². The summed E-state index contributed by atoms with van der Waals surface area (Å²) in [5.74, 6) is 0.991. The van der Waals surface area contributed by atoms with Crippen molar-refractivity contribution in [2.24, 2.45) is 21.5 Å². The van der Waals surface area contributed by atoms with Gasteiger partial charge in [-0.25, -0.2) is 4.99 Å². The first-order valence-electron chi connectivity index (χ1n) is 7.42. The van der Waals surface area contributed by atoms with E-state index in [1.165, 1.54) is 13.5 Å². The van der Waals surface area contributed by atoms with Gasteiger partial charge in [0.25, 0.3) is 0 Å². The minimum Gasteiger partial charge on any atom is -0.504 e. The second-order valence-electron chi connectivity index (χ2n) is 5.67. The Bertz CT molecular complexity index is 635. The Morgan fingerprint density at radius 1 is 1.23 bits per heavy atom. The maximum absolute atomic E-state index is 10.1. The maximum atomic E-state index is 10.1. The van der Waals surface area contributed by atoms with Crippen LogP contribution in [0.1, 0.15) is 32.1 Å². The van der Waals surface area contributed by atoms with Gasteiger partial charge in [0.2, 0.25) is 11.9 Å². The number of aromatic hydroxyl groups is 1. The zero-order chi connectivity index (χ0) is 15.7. The highest BCUT2D eigenvalue weighted by atomic mass is 16.5. The minimum atomic E-state index is -0.505. The van der Waals surface area contributed by atoms with Crippen LogP contribution in [0.2, 0.25) is 0 Å². The van der Waals surface area contributed by atoms with Crippen LogP contribution in [-0.2, 0) is 0 Å². The van der Waals surface area contributed by atoms with E-state index < -0.39 is 5.66 Å². The summed E-state index contributed by atoms with van der Waals surface area (Å²) in [5, 5.41) is 10.1. The SMILES string of the molecule is COc1ccc(N2C(N)=NC(N)=NC23CCCCC3)cc1O. The summed E-state index contributed by atoms with van der Waals surface area (Å²) in [7, 11) is 1.51. The lowest BCUT2D eigenvalue weighted by molar-refractivity contribution is 0.305. The van der Waals surface area contributed by atoms with Gasteiger partial charge in [-0.05, 0) is 37.8 Å². The van der Waals surface area contributed by atoms with Crippen LogP contribution < -0.4 is 21.1 Å². The van der Waals surface area contributed by atoms with Gasteiger partial charge < -0.3 is 21.3 Å². The zero-order valence-corrected chi connectivity index (χ0v) is 12.6. The summed E-state index contributed by atoms with van der Waals surface area (Å²) >= 11 is 0. The van der Waals surface area contributed by atoms with Gasteiger partial charge in [-0.15, -0.1) is 0 Å². The van der Waals surface area contributed by atoms with Crippen molar-refractivity contribution >= 4 is 17.6 Å². The molecule has 1 heterocycles. The summed E-state index contributed by atoms with van der Waals surface area (Å²) in [6.07, 6.45) is 5.01. The van der Waals surface area contributed by atoms with Crippen LogP contribution in [0.15, 0.2) is 28.2 Å². The summed E-state index contributed by atoms with van der Waals surface area (Å²) in [6, 6.07) is 5.17. The Morgan fingerprint density at radius 3 is 2.59 bits per heavy atom. The first-order valence-corrected chi connectivity index (χ1v) is 7.42. The molecule has 2 aliphatic rings. The molecule has 0 aromatic heterocycles. The number of nitrogens with two attached hydrogens (primary N) is 2. The van der Waals surface area contributed by atoms with Gasteiger partial charge in [0.1, 0.15) is 5.66 Å². The number of benzene rings is 1. The molecule has 118 valence electrons. The third-order valence-electron chi connectivity index (χ3n) is 4.27. The van der Waals surface area contributed by atoms with Crippen LogP contribution in [0.25, 0.3) is 0 Å². The van der Waals surface area contributed by atoms with Gasteiger partial charge in [0, 0.05) is 6.07 Å². The Kier molecular flexibility index (Phi) is 3.56. The Labute approximate surface area is 129 Å². The molecule has 1 aliphatic heterocycles. The quantitative estimate of drug-likeness (QED) is 0.767. The predicted octanol–water partition coefficient (Wildman–Crippen LogP) is 1.51. The van der Waals surface area contributed by atoms with Gasteiger partial charge in [-0.2, -0.15) is 4.99 Å². The van der Waals surface area contributed by atoms with Crippen LogP contribution in [0.3, 0.4) is 0 Å². The van der Waals surface area contributed by atoms with Crippen LogP contribution in [0.4, 0.5) is 5.69 Å². The fourth-order valence-corrected chi connectivity index (χ4v) is 3.31. The topological polar surface area (TPSA) is 109 Å². The predicted molar refractivity (Wildman–Crippen MR) is 86.2 cm³/mol. The number of phenols is 1. The van der Waals surface area contributed by atoms with Gasteiger partial charge >= 0.3 is 0 Å². The molecule has 1 saturated carbocycles. The van der Waals surface area contributed by atoms with Crippen molar-refractivity contribution in [3.8, 4) is 11.5 Å². The van der Waals surface area contributed by atoms with Crippen LogP contribution in [-0.4, -0.2) is 29.8 Å². The molecule has 0 atom stereocenters. The van der Waals surface area contributed by atoms with Crippen molar-refractivity contribution in [3.05, 3.63) is 18.2 Å². The number of rotatable bonds is 2. The molecule has 0 unspecified atom stereocenters. The fourth-order valence-electron chi connectivity index (χ4n) is 3.31. The summed E-state index contributed by atoms with van der Waals surface area (Å²) in [6.45, 7) is 0. The molecule has 5 N–H and O–H groups in total. The fraction of sp³-hybridized carbons (Fsp3) is 0.467. The highest BCUT2D eigenvalue weighted by Gasteiger charge is 2.42. The largest absolute Gasteiger partial charge is 0.504 e. The average molecular weight is 303 g/mol. The molecule has 1 aromatic rings. The normalized spacial score (nSPS) is 20.5. The highest BCUT2D eigenvalue weighted by molar-refractivity contribution is 6.05. The number of anilines is 1. The van der Waals surface area contributed by atoms with E-state index in [4.69, 9.17) is 16.2 Å². The van der Waals surface area contributed by atoms with Gasteiger partial charge in [0.15, 0.2) is 11.5 Å². The molecule has 0 bridgehead atoms. The van der Waals surface area contributed by atoms with E-state index in [9.17, 15) is 5.11 Å². The Hall–Kier alpha value is -2.44. The summed E-state index contributed by atoms with van der Waals surface area (Å²) < 4.78 is 5.09. The van der Waals surface area contributed by atoms with E-state index in [0.717, 1.165) is 31.4 Å². The molecule has 1 aliphatic carbocycles. The molecule has 7 nitrogen and oxygen atoms in total. The van der Waals surface area contributed by atoms with Crippen molar-refractivity contribution in [2.45, 2.75) is 37.8 Å². The Morgan fingerprint density at radius 2 is 1.95 bits per heavy atom. The number of aliphatic imine (C=N–C) groups is 2. The van der Waals surface area contributed by atoms with Crippen LogP contribution in [0.5, 0.6) is 11.5 Å². The summed E-state index contributed by atoms with van der Waals surface area (Å²) in [5.41, 5.74) is 12.2. The number of nitrogens with zero attached hydrogens (tertiary/aromatic N) is 3. The van der Waals surface area contributed by atoms with Crippen molar-refractivity contribution in [1.82, 2.24) is 0 Å². The highest BCUT2D eigenvalue weighted by Crippen LogP contribution is 2.41.